The molecule has 6 heteroatoms. The third-order valence-electron chi connectivity index (χ3n) is 1.90. The molecular formula is C11H18F3NO2. The fraction of sp³-hybridized carbons (Fsp3) is 0.727. The second-order valence-corrected chi connectivity index (χ2v) is 4.65. The van der Waals surface area contributed by atoms with Crippen LogP contribution in [-0.4, -0.2) is 23.9 Å². The van der Waals surface area contributed by atoms with Gasteiger partial charge in [-0.05, 0) is 40.2 Å². The largest absolute Gasteiger partial charge is 0.444 e. The van der Waals surface area contributed by atoms with Gasteiger partial charge in [-0.25, -0.2) is 4.79 Å². The van der Waals surface area contributed by atoms with E-state index in [1.165, 1.54) is 19.9 Å². The molecule has 0 heterocycles. The number of halogens is 3. The van der Waals surface area contributed by atoms with Crippen LogP contribution in [-0.2, 0) is 4.74 Å². The molecule has 0 aromatic heterocycles. The Hall–Kier alpha value is -1.20. The maximum atomic E-state index is 12.6. The number of ether oxygens (including phenoxy) is 1. The lowest BCUT2D eigenvalue weighted by molar-refractivity contribution is -0.146. The molecule has 0 rings (SSSR count). The first-order chi connectivity index (χ1) is 7.47. The van der Waals surface area contributed by atoms with E-state index in [-0.39, 0.29) is 5.57 Å². The lowest BCUT2D eigenvalue weighted by atomic mass is 10.1. The zero-order valence-electron chi connectivity index (χ0n) is 10.6. The van der Waals surface area contributed by atoms with Gasteiger partial charge in [0.1, 0.15) is 11.6 Å². The number of nitrogens with one attached hydrogen (secondary N) is 1. The third kappa shape index (κ3) is 6.19. The molecule has 1 N–H and O–H groups in total. The highest BCUT2D eigenvalue weighted by molar-refractivity contribution is 5.68. The molecule has 0 spiro atoms. The van der Waals surface area contributed by atoms with E-state index in [1.807, 2.05) is 5.32 Å². The zero-order chi connectivity index (χ0) is 13.9. The van der Waals surface area contributed by atoms with Crippen LogP contribution in [0.1, 0.15) is 34.6 Å². The molecule has 0 aliphatic heterocycles. The van der Waals surface area contributed by atoms with E-state index in [4.69, 9.17) is 4.74 Å². The summed E-state index contributed by atoms with van der Waals surface area (Å²) in [6, 6.07) is -2.01. The SMILES string of the molecule is CC=C(C)C(NC(=O)OC(C)(C)C)C(F)(F)F. The Morgan fingerprint density at radius 3 is 2.06 bits per heavy atom. The van der Waals surface area contributed by atoms with Crippen LogP contribution in [0.4, 0.5) is 18.0 Å². The summed E-state index contributed by atoms with van der Waals surface area (Å²) in [6.45, 7) is 7.52. The number of carbonyl (C=O) groups excluding carboxylic acids is 1. The minimum absolute atomic E-state index is 0.0170. The van der Waals surface area contributed by atoms with E-state index in [0.717, 1.165) is 0 Å². The van der Waals surface area contributed by atoms with Crippen LogP contribution < -0.4 is 5.32 Å². The van der Waals surface area contributed by atoms with Crippen molar-refractivity contribution in [3.63, 3.8) is 0 Å². The van der Waals surface area contributed by atoms with Gasteiger partial charge in [0.25, 0.3) is 0 Å². The number of carbonyl (C=O) groups is 1. The standard InChI is InChI=1S/C11H18F3NO2/c1-6-7(2)8(11(12,13)14)15-9(16)17-10(3,4)5/h6,8H,1-5H3,(H,15,16). The van der Waals surface area contributed by atoms with Gasteiger partial charge in [-0.1, -0.05) is 6.08 Å². The predicted molar refractivity (Wildman–Crippen MR) is 58.6 cm³/mol. The number of rotatable bonds is 2. The summed E-state index contributed by atoms with van der Waals surface area (Å²) in [6.07, 6.45) is -4.32. The first kappa shape index (κ1) is 15.8. The Morgan fingerprint density at radius 1 is 1.29 bits per heavy atom. The highest BCUT2D eigenvalue weighted by Gasteiger charge is 2.42. The fourth-order valence-corrected chi connectivity index (χ4v) is 1.05. The number of alkyl halides is 3. The molecule has 0 saturated heterocycles. The topological polar surface area (TPSA) is 38.3 Å². The van der Waals surface area contributed by atoms with Crippen LogP contribution in [0.15, 0.2) is 11.6 Å². The minimum Gasteiger partial charge on any atom is -0.444 e. The highest BCUT2D eigenvalue weighted by Crippen LogP contribution is 2.25. The van der Waals surface area contributed by atoms with Crippen molar-refractivity contribution in [2.24, 2.45) is 0 Å². The van der Waals surface area contributed by atoms with Gasteiger partial charge in [0.15, 0.2) is 0 Å². The molecule has 3 nitrogen and oxygen atoms in total. The molecule has 0 aliphatic rings. The number of alkyl carbamates (subject to hydrolysis) is 1. The summed E-state index contributed by atoms with van der Waals surface area (Å²) in [4.78, 5) is 11.3. The monoisotopic (exact) mass is 253 g/mol. The van der Waals surface area contributed by atoms with E-state index in [2.05, 4.69) is 0 Å². The van der Waals surface area contributed by atoms with E-state index < -0.39 is 23.9 Å². The quantitative estimate of drug-likeness (QED) is 0.766. The van der Waals surface area contributed by atoms with Crippen molar-refractivity contribution in [2.75, 3.05) is 0 Å². The van der Waals surface area contributed by atoms with Crippen molar-refractivity contribution in [2.45, 2.75) is 52.4 Å². The maximum absolute atomic E-state index is 12.6. The summed E-state index contributed by atoms with van der Waals surface area (Å²) in [7, 11) is 0. The summed E-state index contributed by atoms with van der Waals surface area (Å²) in [5.74, 6) is 0. The second-order valence-electron chi connectivity index (χ2n) is 4.65. The number of allylic oxidation sites excluding steroid dienone is 1. The molecule has 100 valence electrons. The Morgan fingerprint density at radius 2 is 1.76 bits per heavy atom. The smallest absolute Gasteiger partial charge is 0.412 e. The van der Waals surface area contributed by atoms with Crippen molar-refractivity contribution in [1.82, 2.24) is 5.32 Å². The first-order valence-electron chi connectivity index (χ1n) is 5.16. The highest BCUT2D eigenvalue weighted by atomic mass is 19.4. The van der Waals surface area contributed by atoms with Crippen molar-refractivity contribution in [3.05, 3.63) is 11.6 Å². The molecule has 0 aromatic carbocycles. The lowest BCUT2D eigenvalue weighted by Crippen LogP contribution is -2.47. The van der Waals surface area contributed by atoms with E-state index in [9.17, 15) is 18.0 Å². The molecule has 0 radical (unpaired) electrons. The lowest BCUT2D eigenvalue weighted by Gasteiger charge is -2.25. The van der Waals surface area contributed by atoms with Crippen molar-refractivity contribution >= 4 is 6.09 Å². The van der Waals surface area contributed by atoms with Crippen LogP contribution in [0, 0.1) is 0 Å². The molecule has 1 unspecified atom stereocenters. The van der Waals surface area contributed by atoms with Crippen molar-refractivity contribution < 1.29 is 22.7 Å². The molecule has 1 amide bonds. The Kier molecular flexibility index (Phi) is 5.04. The van der Waals surface area contributed by atoms with Gasteiger partial charge >= 0.3 is 12.3 Å². The molecule has 0 fully saturated rings. The second kappa shape index (κ2) is 5.42. The number of hydrogen-bond donors (Lipinski definition) is 1. The fourth-order valence-electron chi connectivity index (χ4n) is 1.05. The normalized spacial score (nSPS) is 15.4. The summed E-state index contributed by atoms with van der Waals surface area (Å²) in [5, 5.41) is 1.81. The molecule has 0 aromatic rings. The van der Waals surface area contributed by atoms with Crippen LogP contribution in [0.3, 0.4) is 0 Å². The van der Waals surface area contributed by atoms with Gasteiger partial charge in [-0.3, -0.25) is 0 Å². The average molecular weight is 253 g/mol. The van der Waals surface area contributed by atoms with Crippen LogP contribution in [0.5, 0.6) is 0 Å². The summed E-state index contributed by atoms with van der Waals surface area (Å²) in [5.41, 5.74) is -0.812. The maximum Gasteiger partial charge on any atom is 0.412 e. The molecule has 0 bridgehead atoms. The molecule has 1 atom stereocenters. The van der Waals surface area contributed by atoms with Gasteiger partial charge in [0.05, 0.1) is 0 Å². The molecule has 0 aliphatic carbocycles. The van der Waals surface area contributed by atoms with Gasteiger partial charge in [-0.15, -0.1) is 0 Å². The predicted octanol–water partition coefficient (Wildman–Crippen LogP) is 3.41. The van der Waals surface area contributed by atoms with E-state index in [1.54, 1.807) is 20.8 Å². The van der Waals surface area contributed by atoms with Gasteiger partial charge in [0, 0.05) is 0 Å². The Balaban J connectivity index is 4.74. The van der Waals surface area contributed by atoms with E-state index >= 15 is 0 Å². The molecule has 0 saturated carbocycles. The number of hydrogen-bond acceptors (Lipinski definition) is 2. The van der Waals surface area contributed by atoms with Gasteiger partial charge < -0.3 is 10.1 Å². The number of amides is 1. The van der Waals surface area contributed by atoms with Gasteiger partial charge in [0.2, 0.25) is 0 Å². The van der Waals surface area contributed by atoms with Gasteiger partial charge in [-0.2, -0.15) is 13.2 Å². The van der Waals surface area contributed by atoms with Crippen LogP contribution >= 0.6 is 0 Å². The minimum atomic E-state index is -4.53. The molecule has 17 heavy (non-hydrogen) atoms. The third-order valence-corrected chi connectivity index (χ3v) is 1.90. The van der Waals surface area contributed by atoms with Crippen LogP contribution in [0.2, 0.25) is 0 Å². The zero-order valence-corrected chi connectivity index (χ0v) is 10.6. The van der Waals surface area contributed by atoms with Crippen LogP contribution in [0.25, 0.3) is 0 Å². The van der Waals surface area contributed by atoms with Crippen molar-refractivity contribution in [1.29, 1.82) is 0 Å². The first-order valence-corrected chi connectivity index (χ1v) is 5.16. The molecular weight excluding hydrogens is 235 g/mol. The average Bonchev–Trinajstić information content (AvgIpc) is 2.08. The van der Waals surface area contributed by atoms with Crippen molar-refractivity contribution in [3.8, 4) is 0 Å². The Bertz CT molecular complexity index is 303. The summed E-state index contributed by atoms with van der Waals surface area (Å²) >= 11 is 0. The Labute approximate surface area is 99.0 Å². The van der Waals surface area contributed by atoms with E-state index in [0.29, 0.717) is 0 Å². The summed E-state index contributed by atoms with van der Waals surface area (Å²) < 4.78 is 42.7.